The second-order valence-corrected chi connectivity index (χ2v) is 5.12. The molecule has 2 fully saturated rings. The Morgan fingerprint density at radius 1 is 1.31 bits per heavy atom. The molecule has 1 saturated heterocycles. The van der Waals surface area contributed by atoms with Gasteiger partial charge in [0.2, 0.25) is 0 Å². The van der Waals surface area contributed by atoms with Crippen LogP contribution < -0.4 is 0 Å². The lowest BCUT2D eigenvalue weighted by Crippen LogP contribution is -2.47. The Kier molecular flexibility index (Phi) is 3.50. The van der Waals surface area contributed by atoms with Crippen LogP contribution in [0.5, 0.6) is 0 Å². The van der Waals surface area contributed by atoms with Crippen molar-refractivity contribution in [1.82, 2.24) is 4.90 Å². The smallest absolute Gasteiger partial charge is 0.381 e. The molecule has 0 bridgehead atoms. The minimum atomic E-state index is -1.00. The Labute approximate surface area is 96.8 Å². The molecule has 0 spiro atoms. The Balaban J connectivity index is 1.73. The summed E-state index contributed by atoms with van der Waals surface area (Å²) >= 11 is 0. The van der Waals surface area contributed by atoms with Gasteiger partial charge in [-0.1, -0.05) is 12.8 Å². The zero-order chi connectivity index (χ0) is 11.5. The number of carbonyl (C=O) groups is 1. The lowest BCUT2D eigenvalue weighted by Gasteiger charge is -2.43. The summed E-state index contributed by atoms with van der Waals surface area (Å²) in [6.07, 6.45) is 4.74. The van der Waals surface area contributed by atoms with E-state index in [1.807, 2.05) is 0 Å². The van der Waals surface area contributed by atoms with Crippen molar-refractivity contribution >= 4 is 5.97 Å². The molecule has 3 heteroatoms. The molecule has 3 nitrogen and oxygen atoms in total. The molecule has 0 unspecified atom stereocenters. The third-order valence-corrected chi connectivity index (χ3v) is 3.83. The van der Waals surface area contributed by atoms with E-state index in [-0.39, 0.29) is 0 Å². The molecule has 2 aliphatic rings. The summed E-state index contributed by atoms with van der Waals surface area (Å²) < 4.78 is 0. The van der Waals surface area contributed by atoms with Crippen molar-refractivity contribution in [3.8, 4) is 11.8 Å². The van der Waals surface area contributed by atoms with Gasteiger partial charge in [-0.25, -0.2) is 4.79 Å². The van der Waals surface area contributed by atoms with Crippen LogP contribution in [0.1, 0.15) is 32.6 Å². The maximum absolute atomic E-state index is 10.3. The molecule has 2 rings (SSSR count). The quantitative estimate of drug-likeness (QED) is 0.683. The van der Waals surface area contributed by atoms with E-state index in [1.165, 1.54) is 25.9 Å². The van der Waals surface area contributed by atoms with Crippen molar-refractivity contribution in [3.05, 3.63) is 0 Å². The third-order valence-electron chi connectivity index (χ3n) is 3.83. The number of piperidine rings is 1. The zero-order valence-corrected chi connectivity index (χ0v) is 9.78. The Morgan fingerprint density at radius 2 is 1.94 bits per heavy atom. The zero-order valence-electron chi connectivity index (χ0n) is 9.78. The van der Waals surface area contributed by atoms with Crippen molar-refractivity contribution in [2.24, 2.45) is 11.8 Å². The van der Waals surface area contributed by atoms with Crippen LogP contribution in [0.3, 0.4) is 0 Å². The Hall–Kier alpha value is -1.01. The number of hydrogen-bond acceptors (Lipinski definition) is 2. The summed E-state index contributed by atoms with van der Waals surface area (Å²) in [6, 6.07) is 0.667. The van der Waals surface area contributed by atoms with Crippen molar-refractivity contribution in [1.29, 1.82) is 0 Å². The van der Waals surface area contributed by atoms with E-state index >= 15 is 0 Å². The average molecular weight is 221 g/mol. The number of carboxylic acids is 1. The number of hydrogen-bond donors (Lipinski definition) is 1. The normalized spacial score (nSPS) is 31.3. The van der Waals surface area contributed by atoms with Crippen molar-refractivity contribution < 1.29 is 9.90 Å². The summed E-state index contributed by atoms with van der Waals surface area (Å²) in [5.74, 6) is 5.24. The predicted octanol–water partition coefficient (Wildman–Crippen LogP) is 1.58. The first-order valence-electron chi connectivity index (χ1n) is 6.13. The second kappa shape index (κ2) is 4.88. The van der Waals surface area contributed by atoms with E-state index < -0.39 is 5.97 Å². The topological polar surface area (TPSA) is 40.5 Å². The van der Waals surface area contributed by atoms with Crippen LogP contribution >= 0.6 is 0 Å². The molecule has 1 heterocycles. The number of carboxylic acid groups (broad SMARTS) is 1. The van der Waals surface area contributed by atoms with Gasteiger partial charge in [0.15, 0.2) is 0 Å². The van der Waals surface area contributed by atoms with Crippen LogP contribution in [0.4, 0.5) is 0 Å². The highest BCUT2D eigenvalue weighted by molar-refractivity contribution is 5.86. The van der Waals surface area contributed by atoms with Crippen LogP contribution in [0, 0.1) is 23.7 Å². The molecule has 88 valence electrons. The third kappa shape index (κ3) is 2.76. The summed E-state index contributed by atoms with van der Waals surface area (Å²) in [4.78, 5) is 12.8. The fourth-order valence-electron chi connectivity index (χ4n) is 2.56. The second-order valence-electron chi connectivity index (χ2n) is 5.12. The van der Waals surface area contributed by atoms with E-state index in [9.17, 15) is 4.79 Å². The molecule has 0 aromatic heterocycles. The molecule has 0 aromatic rings. The van der Waals surface area contributed by atoms with Crippen molar-refractivity contribution in [3.63, 3.8) is 0 Å². The van der Waals surface area contributed by atoms with Crippen LogP contribution in [0.15, 0.2) is 0 Å². The molecular weight excluding hydrogens is 202 g/mol. The van der Waals surface area contributed by atoms with Gasteiger partial charge < -0.3 is 10.0 Å². The van der Waals surface area contributed by atoms with E-state index in [4.69, 9.17) is 5.11 Å². The molecule has 0 atom stereocenters. The van der Waals surface area contributed by atoms with Gasteiger partial charge in [-0.3, -0.25) is 0 Å². The Bertz CT molecular complexity index is 315. The largest absolute Gasteiger partial charge is 0.472 e. The lowest BCUT2D eigenvalue weighted by atomic mass is 9.78. The molecule has 1 N–H and O–H groups in total. The first-order chi connectivity index (χ1) is 7.65. The van der Waals surface area contributed by atoms with E-state index in [1.54, 1.807) is 0 Å². The number of aliphatic carboxylic acids is 1. The van der Waals surface area contributed by atoms with Gasteiger partial charge in [0.05, 0.1) is 0 Å². The molecule has 1 saturated carbocycles. The highest BCUT2D eigenvalue weighted by Gasteiger charge is 2.33. The van der Waals surface area contributed by atoms with Gasteiger partial charge in [-0.2, -0.15) is 0 Å². The number of likely N-dealkylation sites (tertiary alicyclic amines) is 1. The van der Waals surface area contributed by atoms with Gasteiger partial charge in [0.1, 0.15) is 0 Å². The van der Waals surface area contributed by atoms with E-state index in [2.05, 4.69) is 23.7 Å². The lowest BCUT2D eigenvalue weighted by molar-refractivity contribution is -0.130. The SMILES string of the molecule is CC1CCN(C2CC(C#CC(=O)O)C2)CC1. The Morgan fingerprint density at radius 3 is 2.50 bits per heavy atom. The van der Waals surface area contributed by atoms with Gasteiger partial charge in [-0.15, -0.1) is 0 Å². The molecular formula is C13H19NO2. The molecule has 0 radical (unpaired) electrons. The predicted molar refractivity (Wildman–Crippen MR) is 61.9 cm³/mol. The fourth-order valence-corrected chi connectivity index (χ4v) is 2.56. The first-order valence-corrected chi connectivity index (χ1v) is 6.13. The number of nitrogens with zero attached hydrogens (tertiary/aromatic N) is 1. The minimum absolute atomic E-state index is 0.320. The maximum atomic E-state index is 10.3. The molecule has 1 aliphatic carbocycles. The minimum Gasteiger partial charge on any atom is -0.472 e. The van der Waals surface area contributed by atoms with Crippen LogP contribution in [0.25, 0.3) is 0 Å². The van der Waals surface area contributed by atoms with Gasteiger partial charge in [-0.05, 0) is 44.7 Å². The maximum Gasteiger partial charge on any atom is 0.381 e. The van der Waals surface area contributed by atoms with Gasteiger partial charge in [0.25, 0.3) is 0 Å². The van der Waals surface area contributed by atoms with Crippen molar-refractivity contribution in [2.75, 3.05) is 13.1 Å². The average Bonchev–Trinajstić information content (AvgIpc) is 2.18. The van der Waals surface area contributed by atoms with Gasteiger partial charge in [0, 0.05) is 17.9 Å². The summed E-state index contributed by atoms with van der Waals surface area (Å²) in [7, 11) is 0. The summed E-state index contributed by atoms with van der Waals surface area (Å²) in [6.45, 7) is 4.75. The van der Waals surface area contributed by atoms with Gasteiger partial charge >= 0.3 is 5.97 Å². The van der Waals surface area contributed by atoms with E-state index in [0.717, 1.165) is 18.8 Å². The fraction of sp³-hybridized carbons (Fsp3) is 0.769. The van der Waals surface area contributed by atoms with E-state index in [0.29, 0.717) is 12.0 Å². The highest BCUT2D eigenvalue weighted by atomic mass is 16.4. The first kappa shape index (κ1) is 11.5. The number of rotatable bonds is 1. The van der Waals surface area contributed by atoms with Crippen LogP contribution in [-0.2, 0) is 4.79 Å². The summed E-state index contributed by atoms with van der Waals surface area (Å²) in [5.41, 5.74) is 0. The molecule has 0 aromatic carbocycles. The van der Waals surface area contributed by atoms with Crippen LogP contribution in [-0.4, -0.2) is 35.1 Å². The standard InChI is InChI=1S/C13H19NO2/c1-10-4-6-14(7-5-10)12-8-11(9-12)2-3-13(15)16/h10-12H,4-9H2,1H3,(H,15,16). The molecule has 16 heavy (non-hydrogen) atoms. The molecule has 0 amide bonds. The molecule has 1 aliphatic heterocycles. The monoisotopic (exact) mass is 221 g/mol. The highest BCUT2D eigenvalue weighted by Crippen LogP contribution is 2.33. The van der Waals surface area contributed by atoms with Crippen LogP contribution in [0.2, 0.25) is 0 Å². The summed E-state index contributed by atoms with van der Waals surface area (Å²) in [5, 5.41) is 8.44. The van der Waals surface area contributed by atoms with Crippen molar-refractivity contribution in [2.45, 2.75) is 38.6 Å².